The van der Waals surface area contributed by atoms with E-state index >= 15 is 0 Å². The number of hydrogen-bond donors (Lipinski definition) is 0. The van der Waals surface area contributed by atoms with Crippen LogP contribution in [0.4, 0.5) is 0 Å². The van der Waals surface area contributed by atoms with Crippen LogP contribution in [0.25, 0.3) is 21.7 Å². The van der Waals surface area contributed by atoms with E-state index < -0.39 is 0 Å². The van der Waals surface area contributed by atoms with E-state index in [4.69, 9.17) is 9.47 Å². The number of para-hydroxylation sites is 1. The Labute approximate surface area is 161 Å². The molecule has 0 amide bonds. The lowest BCUT2D eigenvalue weighted by Gasteiger charge is -2.09. The summed E-state index contributed by atoms with van der Waals surface area (Å²) in [5.41, 5.74) is 0.778. The topological polar surface area (TPSA) is 57.1 Å². The van der Waals surface area contributed by atoms with Gasteiger partial charge in [0.2, 0.25) is 11.8 Å². The standard InChI is InChI=1S/C23H15N3O2/c1-2-6-18-13-19(11-10-16(18)5-1)27-21-14-22(26-15-25-21)28-20-9-3-7-17-8-4-12-24-23(17)20/h1-15H. The lowest BCUT2D eigenvalue weighted by atomic mass is 10.1. The minimum Gasteiger partial charge on any atom is -0.439 e. The van der Waals surface area contributed by atoms with E-state index in [1.54, 1.807) is 12.3 Å². The van der Waals surface area contributed by atoms with E-state index in [1.807, 2.05) is 66.7 Å². The Hall–Kier alpha value is -3.99. The van der Waals surface area contributed by atoms with Gasteiger partial charge in [-0.25, -0.2) is 9.97 Å². The van der Waals surface area contributed by atoms with E-state index in [-0.39, 0.29) is 0 Å². The van der Waals surface area contributed by atoms with Crippen molar-refractivity contribution in [3.8, 4) is 23.3 Å². The number of aromatic nitrogens is 3. The van der Waals surface area contributed by atoms with Crippen molar-refractivity contribution in [1.29, 1.82) is 0 Å². The first kappa shape index (κ1) is 16.2. The van der Waals surface area contributed by atoms with Crippen molar-refractivity contribution in [2.45, 2.75) is 0 Å². The predicted molar refractivity (Wildman–Crippen MR) is 108 cm³/mol. The normalized spacial score (nSPS) is 10.9. The van der Waals surface area contributed by atoms with Gasteiger partial charge in [-0.2, -0.15) is 0 Å². The molecular weight excluding hydrogens is 350 g/mol. The SMILES string of the molecule is c1ccc2cc(Oc3cc(Oc4cccc5cccnc45)ncn3)ccc2c1. The highest BCUT2D eigenvalue weighted by Gasteiger charge is 2.08. The van der Waals surface area contributed by atoms with Crippen molar-refractivity contribution in [1.82, 2.24) is 15.0 Å². The second-order valence-corrected chi connectivity index (χ2v) is 6.24. The molecule has 0 bridgehead atoms. The minimum atomic E-state index is 0.393. The molecule has 0 fully saturated rings. The zero-order valence-electron chi connectivity index (χ0n) is 14.8. The molecule has 5 nitrogen and oxygen atoms in total. The molecule has 0 unspecified atom stereocenters. The van der Waals surface area contributed by atoms with Crippen LogP contribution in [0.3, 0.4) is 0 Å². The molecule has 5 rings (SSSR count). The monoisotopic (exact) mass is 365 g/mol. The summed E-state index contributed by atoms with van der Waals surface area (Å²) in [5, 5.41) is 3.26. The first-order valence-corrected chi connectivity index (χ1v) is 8.85. The molecule has 5 aromatic rings. The van der Waals surface area contributed by atoms with Gasteiger partial charge in [-0.1, -0.05) is 48.5 Å². The van der Waals surface area contributed by atoms with E-state index in [9.17, 15) is 0 Å². The number of nitrogens with zero attached hydrogens (tertiary/aromatic N) is 3. The van der Waals surface area contributed by atoms with Gasteiger partial charge in [0.25, 0.3) is 0 Å². The maximum absolute atomic E-state index is 5.95. The van der Waals surface area contributed by atoms with Crippen LogP contribution in [0.5, 0.6) is 23.3 Å². The van der Waals surface area contributed by atoms with E-state index in [0.29, 0.717) is 23.3 Å². The summed E-state index contributed by atoms with van der Waals surface area (Å²) in [6.07, 6.45) is 3.16. The van der Waals surface area contributed by atoms with Gasteiger partial charge in [0.1, 0.15) is 17.6 Å². The second-order valence-electron chi connectivity index (χ2n) is 6.24. The third kappa shape index (κ3) is 3.21. The molecule has 2 heterocycles. The highest BCUT2D eigenvalue weighted by atomic mass is 16.5. The average Bonchev–Trinajstić information content (AvgIpc) is 2.74. The van der Waals surface area contributed by atoms with Crippen molar-refractivity contribution >= 4 is 21.7 Å². The summed E-state index contributed by atoms with van der Waals surface area (Å²) < 4.78 is 11.9. The second kappa shape index (κ2) is 6.96. The smallest absolute Gasteiger partial charge is 0.226 e. The third-order valence-electron chi connectivity index (χ3n) is 4.37. The first-order valence-electron chi connectivity index (χ1n) is 8.85. The van der Waals surface area contributed by atoms with Crippen molar-refractivity contribution < 1.29 is 9.47 Å². The molecule has 28 heavy (non-hydrogen) atoms. The highest BCUT2D eigenvalue weighted by molar-refractivity contribution is 5.84. The highest BCUT2D eigenvalue weighted by Crippen LogP contribution is 2.30. The van der Waals surface area contributed by atoms with Gasteiger partial charge in [-0.15, -0.1) is 0 Å². The molecular formula is C23H15N3O2. The Morgan fingerprint density at radius 3 is 2.29 bits per heavy atom. The largest absolute Gasteiger partial charge is 0.439 e. The molecule has 5 heteroatoms. The molecule has 0 aliphatic carbocycles. The van der Waals surface area contributed by atoms with Crippen LogP contribution in [-0.2, 0) is 0 Å². The van der Waals surface area contributed by atoms with Crippen LogP contribution in [0.2, 0.25) is 0 Å². The Kier molecular flexibility index (Phi) is 4.03. The Morgan fingerprint density at radius 2 is 1.36 bits per heavy atom. The van der Waals surface area contributed by atoms with Crippen LogP contribution >= 0.6 is 0 Å². The van der Waals surface area contributed by atoms with Gasteiger partial charge in [0.15, 0.2) is 5.75 Å². The minimum absolute atomic E-state index is 0.393. The number of fused-ring (bicyclic) bond motifs is 2. The van der Waals surface area contributed by atoms with E-state index in [2.05, 4.69) is 21.0 Å². The predicted octanol–water partition coefficient (Wildman–Crippen LogP) is 5.76. The van der Waals surface area contributed by atoms with Gasteiger partial charge in [0, 0.05) is 11.6 Å². The number of rotatable bonds is 4. The summed E-state index contributed by atoms with van der Waals surface area (Å²) in [7, 11) is 0. The van der Waals surface area contributed by atoms with Gasteiger partial charge in [0.05, 0.1) is 6.07 Å². The molecule has 0 aliphatic heterocycles. The van der Waals surface area contributed by atoms with Crippen LogP contribution in [0.1, 0.15) is 0 Å². The molecule has 134 valence electrons. The maximum atomic E-state index is 5.95. The number of pyridine rings is 1. The molecule has 0 atom stereocenters. The van der Waals surface area contributed by atoms with Gasteiger partial charge >= 0.3 is 0 Å². The molecule has 0 saturated heterocycles. The summed E-state index contributed by atoms with van der Waals surface area (Å²) in [5.74, 6) is 2.14. The Bertz CT molecular complexity index is 1280. The molecule has 0 N–H and O–H groups in total. The first-order chi connectivity index (χ1) is 13.8. The van der Waals surface area contributed by atoms with Crippen molar-refractivity contribution in [2.75, 3.05) is 0 Å². The van der Waals surface area contributed by atoms with Gasteiger partial charge in [-0.05, 0) is 35.0 Å². The van der Waals surface area contributed by atoms with Crippen LogP contribution in [0.15, 0.2) is 91.4 Å². The van der Waals surface area contributed by atoms with Crippen molar-refractivity contribution in [2.24, 2.45) is 0 Å². The maximum Gasteiger partial charge on any atom is 0.226 e. The molecule has 0 spiro atoms. The van der Waals surface area contributed by atoms with Crippen molar-refractivity contribution in [3.63, 3.8) is 0 Å². The molecule has 3 aromatic carbocycles. The lowest BCUT2D eigenvalue weighted by molar-refractivity contribution is 0.435. The molecule has 2 aromatic heterocycles. The van der Waals surface area contributed by atoms with Gasteiger partial charge in [-0.3, -0.25) is 4.98 Å². The number of benzene rings is 3. The zero-order chi connectivity index (χ0) is 18.8. The summed E-state index contributed by atoms with van der Waals surface area (Å²) in [6, 6.07) is 25.4. The molecule has 0 aliphatic rings. The number of ether oxygens (including phenoxy) is 2. The molecule has 0 radical (unpaired) electrons. The summed E-state index contributed by atoms with van der Waals surface area (Å²) in [6.45, 7) is 0. The fourth-order valence-corrected chi connectivity index (χ4v) is 3.06. The average molecular weight is 365 g/mol. The van der Waals surface area contributed by atoms with Crippen LogP contribution < -0.4 is 9.47 Å². The summed E-state index contributed by atoms with van der Waals surface area (Å²) in [4.78, 5) is 12.8. The lowest BCUT2D eigenvalue weighted by Crippen LogP contribution is -1.93. The summed E-state index contributed by atoms with van der Waals surface area (Å²) >= 11 is 0. The van der Waals surface area contributed by atoms with Crippen LogP contribution in [-0.4, -0.2) is 15.0 Å². The van der Waals surface area contributed by atoms with Crippen LogP contribution in [0, 0.1) is 0 Å². The van der Waals surface area contributed by atoms with E-state index in [1.165, 1.54) is 6.33 Å². The quantitative estimate of drug-likeness (QED) is 0.405. The Balaban J connectivity index is 1.42. The fourth-order valence-electron chi connectivity index (χ4n) is 3.06. The molecule has 0 saturated carbocycles. The van der Waals surface area contributed by atoms with E-state index in [0.717, 1.165) is 21.7 Å². The number of hydrogen-bond acceptors (Lipinski definition) is 5. The fraction of sp³-hybridized carbons (Fsp3) is 0. The van der Waals surface area contributed by atoms with Crippen molar-refractivity contribution in [3.05, 3.63) is 91.4 Å². The Morgan fingerprint density at radius 1 is 0.571 bits per heavy atom. The third-order valence-corrected chi connectivity index (χ3v) is 4.37. The zero-order valence-corrected chi connectivity index (χ0v) is 14.8. The van der Waals surface area contributed by atoms with Gasteiger partial charge < -0.3 is 9.47 Å².